The Hall–Kier alpha value is -3.71. The second kappa shape index (κ2) is 12.4. The maximum absolute atomic E-state index is 13.9. The zero-order chi connectivity index (χ0) is 32.0. The summed E-state index contributed by atoms with van der Waals surface area (Å²) in [5.41, 5.74) is -1.25. The molecule has 3 heterocycles. The maximum atomic E-state index is 13.9. The van der Waals surface area contributed by atoms with Crippen LogP contribution < -0.4 is 19.6 Å². The Balaban J connectivity index is 1.66. The number of phenolic OH excluding ortho intramolecular Hbond substituents is 2. The predicted octanol–water partition coefficient (Wildman–Crippen LogP) is -1.74. The van der Waals surface area contributed by atoms with Gasteiger partial charge in [-0.05, 0) is 31.2 Å². The number of hydrogen-bond donors (Lipinski definition) is 9. The van der Waals surface area contributed by atoms with Crippen LogP contribution in [-0.2, 0) is 9.47 Å². The van der Waals surface area contributed by atoms with Crippen LogP contribution in [0.1, 0.15) is 6.92 Å². The van der Waals surface area contributed by atoms with Gasteiger partial charge in [0.25, 0.3) is 0 Å². The van der Waals surface area contributed by atoms with Gasteiger partial charge in [-0.3, -0.25) is 4.79 Å². The minimum Gasteiger partial charge on any atom is -0.508 e. The molecule has 44 heavy (non-hydrogen) atoms. The summed E-state index contributed by atoms with van der Waals surface area (Å²) in [5, 5.41) is 91.3. The zero-order valence-electron chi connectivity index (χ0n) is 23.3. The van der Waals surface area contributed by atoms with Gasteiger partial charge in [0.05, 0.1) is 19.8 Å². The molecule has 2 saturated heterocycles. The van der Waals surface area contributed by atoms with Gasteiger partial charge in [-0.25, -0.2) is 0 Å². The lowest BCUT2D eigenvalue weighted by Gasteiger charge is -2.39. The van der Waals surface area contributed by atoms with Crippen LogP contribution in [0.25, 0.3) is 22.3 Å². The molecule has 2 fully saturated rings. The number of hydrogen-bond acceptors (Lipinski definition) is 16. The third-order valence-corrected chi connectivity index (χ3v) is 7.49. The van der Waals surface area contributed by atoms with Crippen LogP contribution in [0.4, 0.5) is 0 Å². The van der Waals surface area contributed by atoms with Crippen molar-refractivity contribution < 1.29 is 74.1 Å². The smallest absolute Gasteiger partial charge is 0.239 e. The first kappa shape index (κ1) is 31.7. The van der Waals surface area contributed by atoms with Crippen molar-refractivity contribution in [1.29, 1.82) is 0 Å². The van der Waals surface area contributed by atoms with Crippen LogP contribution in [0.15, 0.2) is 39.5 Å². The molecule has 0 bridgehead atoms. The molecule has 0 amide bonds. The number of aliphatic hydroxyl groups is 7. The van der Waals surface area contributed by atoms with Crippen molar-refractivity contribution in [2.24, 2.45) is 0 Å². The lowest BCUT2D eigenvalue weighted by molar-refractivity contribution is -0.277. The number of rotatable bonds is 7. The van der Waals surface area contributed by atoms with E-state index in [1.807, 2.05) is 0 Å². The van der Waals surface area contributed by atoms with Crippen LogP contribution in [-0.4, -0.2) is 121 Å². The van der Waals surface area contributed by atoms with E-state index in [0.29, 0.717) is 0 Å². The summed E-state index contributed by atoms with van der Waals surface area (Å²) in [6, 6.07) is 6.20. The average Bonchev–Trinajstić information content (AvgIpc) is 3.00. The number of fused-ring (bicyclic) bond motifs is 1. The van der Waals surface area contributed by atoms with Crippen molar-refractivity contribution in [3.63, 3.8) is 0 Å². The van der Waals surface area contributed by atoms with Gasteiger partial charge in [0, 0.05) is 11.6 Å². The second-order valence-corrected chi connectivity index (χ2v) is 10.4. The van der Waals surface area contributed by atoms with E-state index in [0.717, 1.165) is 6.07 Å². The highest BCUT2D eigenvalue weighted by Gasteiger charge is 2.46. The van der Waals surface area contributed by atoms with Crippen molar-refractivity contribution in [3.8, 4) is 40.1 Å². The second-order valence-electron chi connectivity index (χ2n) is 10.4. The Kier molecular flexibility index (Phi) is 8.90. The van der Waals surface area contributed by atoms with E-state index in [2.05, 4.69) is 0 Å². The van der Waals surface area contributed by atoms with Gasteiger partial charge >= 0.3 is 0 Å². The lowest BCUT2D eigenvalue weighted by Crippen LogP contribution is -2.60. The zero-order valence-corrected chi connectivity index (χ0v) is 23.3. The highest BCUT2D eigenvalue weighted by molar-refractivity contribution is 5.93. The molecule has 16 heteroatoms. The fourth-order valence-electron chi connectivity index (χ4n) is 4.99. The predicted molar refractivity (Wildman–Crippen MR) is 145 cm³/mol. The fraction of sp³-hybridized carbons (Fsp3) is 0.464. The van der Waals surface area contributed by atoms with Gasteiger partial charge in [-0.15, -0.1) is 0 Å². The van der Waals surface area contributed by atoms with Crippen LogP contribution in [0, 0.1) is 0 Å². The molecule has 0 spiro atoms. The molecule has 240 valence electrons. The number of ether oxygens (including phenoxy) is 5. The van der Waals surface area contributed by atoms with Crippen molar-refractivity contribution >= 4 is 11.0 Å². The molecule has 2 aliphatic heterocycles. The summed E-state index contributed by atoms with van der Waals surface area (Å²) >= 11 is 0. The summed E-state index contributed by atoms with van der Waals surface area (Å²) in [6.45, 7) is 0.669. The fourth-order valence-corrected chi connectivity index (χ4v) is 4.99. The SMILES string of the molecule is COc1c(O[C@@H]2O[C@@H](C)[C@H](O)[C@@H](O)[C@H]2O)cc(O)c2c(=O)c(O[C@@H]3O[C@H](CO)[C@@H](O)[C@H](O)[C@H]3O)c(-c3ccc(O)cc3)oc12. The molecule has 3 aromatic rings. The first-order valence-corrected chi connectivity index (χ1v) is 13.4. The van der Waals surface area contributed by atoms with Crippen LogP contribution >= 0.6 is 0 Å². The summed E-state index contributed by atoms with van der Waals surface area (Å²) in [6.07, 6.45) is -15.9. The van der Waals surface area contributed by atoms with Crippen molar-refractivity contribution in [1.82, 2.24) is 0 Å². The molecule has 5 rings (SSSR count). The molecule has 16 nitrogen and oxygen atoms in total. The molecule has 9 N–H and O–H groups in total. The number of phenols is 2. The first-order chi connectivity index (χ1) is 20.9. The highest BCUT2D eigenvalue weighted by Crippen LogP contribution is 2.45. The van der Waals surface area contributed by atoms with Crippen LogP contribution in [0.3, 0.4) is 0 Å². The summed E-state index contributed by atoms with van der Waals surface area (Å²) in [7, 11) is 1.19. The third-order valence-electron chi connectivity index (χ3n) is 7.49. The number of benzene rings is 2. The highest BCUT2D eigenvalue weighted by atomic mass is 16.7. The minimum absolute atomic E-state index is 0.133. The van der Waals surface area contributed by atoms with Crippen molar-refractivity contribution in [2.45, 2.75) is 68.3 Å². The van der Waals surface area contributed by atoms with Crippen LogP contribution in [0.2, 0.25) is 0 Å². The van der Waals surface area contributed by atoms with E-state index in [-0.39, 0.29) is 34.2 Å². The quantitative estimate of drug-likeness (QED) is 0.141. The van der Waals surface area contributed by atoms with Gasteiger partial charge in [0.1, 0.15) is 59.6 Å². The van der Waals surface area contributed by atoms with Gasteiger partial charge < -0.3 is 74.1 Å². The Morgan fingerprint density at radius 1 is 0.795 bits per heavy atom. The largest absolute Gasteiger partial charge is 0.508 e. The van der Waals surface area contributed by atoms with Gasteiger partial charge in [0.2, 0.25) is 29.5 Å². The third kappa shape index (κ3) is 5.51. The van der Waals surface area contributed by atoms with Gasteiger partial charge in [-0.1, -0.05) is 0 Å². The van der Waals surface area contributed by atoms with Gasteiger partial charge in [0.15, 0.2) is 17.1 Å². The van der Waals surface area contributed by atoms with Crippen molar-refractivity contribution in [2.75, 3.05) is 13.7 Å². The first-order valence-electron chi connectivity index (χ1n) is 13.4. The summed E-state index contributed by atoms with van der Waals surface area (Å²) in [5.74, 6) is -2.37. The normalized spacial score (nSPS) is 32.4. The molecule has 1 aromatic heterocycles. The minimum atomic E-state index is -1.90. The molecule has 0 saturated carbocycles. The van der Waals surface area contributed by atoms with Crippen LogP contribution in [0.5, 0.6) is 28.7 Å². The van der Waals surface area contributed by atoms with E-state index < -0.39 is 90.3 Å². The average molecular weight is 625 g/mol. The number of aliphatic hydroxyl groups excluding tert-OH is 7. The van der Waals surface area contributed by atoms with Crippen molar-refractivity contribution in [3.05, 3.63) is 40.6 Å². The number of methoxy groups -OCH3 is 1. The lowest BCUT2D eigenvalue weighted by atomic mass is 9.99. The molecule has 10 atom stereocenters. The Bertz CT molecular complexity index is 1540. The van der Waals surface area contributed by atoms with E-state index in [1.54, 1.807) is 0 Å². The monoisotopic (exact) mass is 624 g/mol. The molecule has 0 radical (unpaired) electrons. The summed E-state index contributed by atoms with van der Waals surface area (Å²) in [4.78, 5) is 13.9. The Morgan fingerprint density at radius 3 is 2.02 bits per heavy atom. The molecule has 2 aliphatic rings. The molecule has 0 unspecified atom stereocenters. The van der Waals surface area contributed by atoms with Gasteiger partial charge in [-0.2, -0.15) is 0 Å². The topological polar surface area (TPSA) is 258 Å². The standard InChI is InChI=1S/C28H32O16/c1-9-16(32)19(35)21(37)27(40-9)41-13-7-12(31)15-18(34)26(44-28-22(38)20(36)17(33)14(8-29)42-28)23(43-25(15)24(13)39-2)10-3-5-11(30)6-4-10/h3-7,9,14,16-17,19-22,27-33,35-38H,8H2,1-2H3/t9-,14+,16-,17+,19+,20-,21+,22+,27-,28-/m0/s1. The van der Waals surface area contributed by atoms with E-state index in [9.17, 15) is 50.8 Å². The molecule has 0 aliphatic carbocycles. The van der Waals surface area contributed by atoms with E-state index >= 15 is 0 Å². The van der Waals surface area contributed by atoms with E-state index in [1.165, 1.54) is 38.3 Å². The maximum Gasteiger partial charge on any atom is 0.239 e. The van der Waals surface area contributed by atoms with E-state index in [4.69, 9.17) is 28.1 Å². The Morgan fingerprint density at radius 2 is 1.41 bits per heavy atom. The molecule has 2 aromatic carbocycles. The number of aromatic hydroxyl groups is 2. The molecular weight excluding hydrogens is 592 g/mol. The summed E-state index contributed by atoms with van der Waals surface area (Å²) < 4.78 is 33.7. The molecular formula is C28H32O16. The Labute approximate surface area is 248 Å².